The van der Waals surface area contributed by atoms with E-state index < -0.39 is 0 Å². The number of aromatic nitrogens is 2. The van der Waals surface area contributed by atoms with E-state index >= 15 is 0 Å². The third-order valence-electron chi connectivity index (χ3n) is 6.06. The maximum Gasteiger partial charge on any atom is 0.0736 e. The molecule has 0 amide bonds. The lowest BCUT2D eigenvalue weighted by molar-refractivity contribution is -0.0733. The van der Waals surface area contributed by atoms with Crippen LogP contribution < -0.4 is 0 Å². The molecular weight excluding hydrogens is 338 g/mol. The summed E-state index contributed by atoms with van der Waals surface area (Å²) in [6.07, 6.45) is 12.0. The molecule has 2 aliphatic heterocycles. The number of likely N-dealkylation sites (tertiary alicyclic amines) is 1. The maximum atomic E-state index is 6.31. The molecule has 0 saturated carbocycles. The Morgan fingerprint density at radius 3 is 2.70 bits per heavy atom. The van der Waals surface area contributed by atoms with Crippen LogP contribution in [0.4, 0.5) is 0 Å². The molecule has 1 spiro atoms. The van der Waals surface area contributed by atoms with Crippen molar-refractivity contribution in [3.05, 3.63) is 60.2 Å². The molecule has 2 aliphatic rings. The van der Waals surface area contributed by atoms with Crippen molar-refractivity contribution in [3.8, 4) is 0 Å². The van der Waals surface area contributed by atoms with Gasteiger partial charge in [-0.2, -0.15) is 0 Å². The second-order valence-electron chi connectivity index (χ2n) is 7.73. The van der Waals surface area contributed by atoms with Gasteiger partial charge in [-0.15, -0.1) is 0 Å². The monoisotopic (exact) mass is 367 g/mol. The van der Waals surface area contributed by atoms with Crippen LogP contribution in [0.5, 0.6) is 0 Å². The van der Waals surface area contributed by atoms with Gasteiger partial charge in [0.2, 0.25) is 0 Å². The highest BCUT2D eigenvalue weighted by Crippen LogP contribution is 2.42. The molecule has 0 aliphatic carbocycles. The quantitative estimate of drug-likeness (QED) is 0.702. The van der Waals surface area contributed by atoms with Crippen LogP contribution in [0.2, 0.25) is 0 Å². The molecule has 144 valence electrons. The van der Waals surface area contributed by atoms with Gasteiger partial charge in [-0.1, -0.05) is 6.07 Å². The molecule has 0 N–H and O–H groups in total. The topological polar surface area (TPSA) is 47.5 Å². The van der Waals surface area contributed by atoms with Crippen LogP contribution in [0, 0.1) is 5.92 Å². The smallest absolute Gasteiger partial charge is 0.0736 e. The molecule has 2 saturated heterocycles. The molecule has 0 aromatic carbocycles. The highest BCUT2D eigenvalue weighted by Gasteiger charge is 2.45. The summed E-state index contributed by atoms with van der Waals surface area (Å²) in [6, 6.07) is 8.20. The number of pyridine rings is 2. The van der Waals surface area contributed by atoms with Crippen molar-refractivity contribution in [2.24, 2.45) is 5.92 Å². The Morgan fingerprint density at radius 2 is 1.93 bits per heavy atom. The normalized spacial score (nSPS) is 22.3. The highest BCUT2D eigenvalue weighted by atomic mass is 16.5. The molecule has 0 bridgehead atoms. The Bertz CT molecular complexity index is 687. The predicted octanol–water partition coefficient (Wildman–Crippen LogP) is 3.45. The summed E-state index contributed by atoms with van der Waals surface area (Å²) in [7, 11) is 0. The van der Waals surface area contributed by atoms with E-state index in [1.54, 1.807) is 0 Å². The number of piperidine rings is 1. The average molecular weight is 367 g/mol. The summed E-state index contributed by atoms with van der Waals surface area (Å²) in [5.41, 5.74) is 2.55. The predicted molar refractivity (Wildman–Crippen MR) is 104 cm³/mol. The molecule has 5 heteroatoms. The lowest BCUT2D eigenvalue weighted by atomic mass is 9.78. The number of hydrogen-bond donors (Lipinski definition) is 0. The second-order valence-corrected chi connectivity index (χ2v) is 7.73. The third kappa shape index (κ3) is 4.72. The first kappa shape index (κ1) is 18.5. The van der Waals surface area contributed by atoms with Gasteiger partial charge in [0.05, 0.1) is 12.2 Å². The van der Waals surface area contributed by atoms with E-state index in [2.05, 4.69) is 20.9 Å². The fraction of sp³-hybridized carbons (Fsp3) is 0.545. The molecule has 2 aromatic heterocycles. The van der Waals surface area contributed by atoms with Gasteiger partial charge in [0, 0.05) is 57.6 Å². The molecule has 2 fully saturated rings. The standard InChI is InChI=1S/C22H29N3O2/c1-2-20(16-24-9-1)17-25-12-7-22(8-13-25)21(6-15-27-22)5-14-26-18-19-3-10-23-11-4-19/h1-4,9-11,16,21H,5-8,12-15,17-18H2/t21-/m1/s1. The molecular formula is C22H29N3O2. The zero-order valence-electron chi connectivity index (χ0n) is 15.9. The first-order valence-electron chi connectivity index (χ1n) is 10.1. The van der Waals surface area contributed by atoms with E-state index in [1.807, 2.05) is 43.0 Å². The van der Waals surface area contributed by atoms with Gasteiger partial charge in [-0.3, -0.25) is 14.9 Å². The van der Waals surface area contributed by atoms with Gasteiger partial charge in [-0.25, -0.2) is 0 Å². The first-order valence-corrected chi connectivity index (χ1v) is 10.1. The maximum absolute atomic E-state index is 6.31. The summed E-state index contributed by atoms with van der Waals surface area (Å²) in [5.74, 6) is 0.621. The van der Waals surface area contributed by atoms with Crippen molar-refractivity contribution >= 4 is 0 Å². The van der Waals surface area contributed by atoms with Crippen molar-refractivity contribution in [2.45, 2.75) is 44.4 Å². The minimum absolute atomic E-state index is 0.0749. The van der Waals surface area contributed by atoms with E-state index in [0.717, 1.165) is 52.1 Å². The average Bonchev–Trinajstić information content (AvgIpc) is 3.11. The summed E-state index contributed by atoms with van der Waals surface area (Å²) in [4.78, 5) is 10.8. The van der Waals surface area contributed by atoms with Crippen molar-refractivity contribution < 1.29 is 9.47 Å². The summed E-state index contributed by atoms with van der Waals surface area (Å²) < 4.78 is 12.2. The lowest BCUT2D eigenvalue weighted by Gasteiger charge is -2.42. The molecule has 4 heterocycles. The van der Waals surface area contributed by atoms with E-state index in [4.69, 9.17) is 9.47 Å². The zero-order valence-corrected chi connectivity index (χ0v) is 15.9. The Balaban J connectivity index is 1.23. The molecule has 4 rings (SSSR count). The van der Waals surface area contributed by atoms with Crippen LogP contribution in [-0.4, -0.2) is 46.8 Å². The van der Waals surface area contributed by atoms with Crippen LogP contribution >= 0.6 is 0 Å². The molecule has 0 radical (unpaired) electrons. The molecule has 1 atom stereocenters. The Hall–Kier alpha value is -1.82. The Labute approximate surface area is 161 Å². The number of rotatable bonds is 7. The van der Waals surface area contributed by atoms with Crippen LogP contribution in [0.15, 0.2) is 49.1 Å². The van der Waals surface area contributed by atoms with Gasteiger partial charge < -0.3 is 9.47 Å². The molecule has 2 aromatic rings. The lowest BCUT2D eigenvalue weighted by Crippen LogP contribution is -2.47. The minimum Gasteiger partial charge on any atom is -0.377 e. The van der Waals surface area contributed by atoms with E-state index in [1.165, 1.54) is 17.5 Å². The largest absolute Gasteiger partial charge is 0.377 e. The van der Waals surface area contributed by atoms with Gasteiger partial charge in [-0.05, 0) is 60.9 Å². The highest BCUT2D eigenvalue weighted by molar-refractivity contribution is 5.09. The van der Waals surface area contributed by atoms with Crippen molar-refractivity contribution in [1.29, 1.82) is 0 Å². The van der Waals surface area contributed by atoms with Gasteiger partial charge >= 0.3 is 0 Å². The first-order chi connectivity index (χ1) is 13.3. The van der Waals surface area contributed by atoms with Crippen LogP contribution in [0.3, 0.4) is 0 Å². The van der Waals surface area contributed by atoms with Gasteiger partial charge in [0.25, 0.3) is 0 Å². The Morgan fingerprint density at radius 1 is 1.07 bits per heavy atom. The zero-order chi connectivity index (χ0) is 18.4. The van der Waals surface area contributed by atoms with E-state index in [0.29, 0.717) is 12.5 Å². The summed E-state index contributed by atoms with van der Waals surface area (Å²) >= 11 is 0. The van der Waals surface area contributed by atoms with E-state index in [9.17, 15) is 0 Å². The van der Waals surface area contributed by atoms with Crippen molar-refractivity contribution in [2.75, 3.05) is 26.3 Å². The van der Waals surface area contributed by atoms with Gasteiger partial charge in [0.1, 0.15) is 0 Å². The number of hydrogen-bond acceptors (Lipinski definition) is 5. The van der Waals surface area contributed by atoms with Crippen molar-refractivity contribution in [1.82, 2.24) is 14.9 Å². The van der Waals surface area contributed by atoms with Crippen LogP contribution in [0.25, 0.3) is 0 Å². The van der Waals surface area contributed by atoms with Crippen LogP contribution in [0.1, 0.15) is 36.8 Å². The summed E-state index contributed by atoms with van der Waals surface area (Å²) in [5, 5.41) is 0. The van der Waals surface area contributed by atoms with Crippen molar-refractivity contribution in [3.63, 3.8) is 0 Å². The fourth-order valence-electron chi connectivity index (χ4n) is 4.48. The second kappa shape index (κ2) is 8.91. The fourth-order valence-corrected chi connectivity index (χ4v) is 4.48. The summed E-state index contributed by atoms with van der Waals surface area (Å²) in [6.45, 7) is 5.56. The number of ether oxygens (including phenoxy) is 2. The van der Waals surface area contributed by atoms with E-state index in [-0.39, 0.29) is 5.60 Å². The molecule has 27 heavy (non-hydrogen) atoms. The third-order valence-corrected chi connectivity index (χ3v) is 6.06. The minimum atomic E-state index is 0.0749. The molecule has 0 unspecified atom stereocenters. The molecule has 5 nitrogen and oxygen atoms in total. The van der Waals surface area contributed by atoms with Gasteiger partial charge in [0.15, 0.2) is 0 Å². The number of nitrogens with zero attached hydrogens (tertiary/aromatic N) is 3. The van der Waals surface area contributed by atoms with Crippen LogP contribution in [-0.2, 0) is 22.6 Å². The SMILES string of the molecule is c1cncc(CN2CCC3(CC2)OCC[C@H]3CCOCc2ccncc2)c1. The Kier molecular flexibility index (Phi) is 6.12.